The molecule has 164 valence electrons. The lowest BCUT2D eigenvalue weighted by molar-refractivity contribution is -0.174. The summed E-state index contributed by atoms with van der Waals surface area (Å²) in [6.45, 7) is 7.26. The molecule has 0 aliphatic heterocycles. The van der Waals surface area contributed by atoms with Gasteiger partial charge in [0.2, 0.25) is 0 Å². The van der Waals surface area contributed by atoms with Crippen LogP contribution in [0.25, 0.3) is 0 Å². The average molecular weight is 405 g/mol. The van der Waals surface area contributed by atoms with Crippen LogP contribution >= 0.6 is 0 Å². The lowest BCUT2D eigenvalue weighted by atomic mass is 9.43. The minimum atomic E-state index is -0.605. The normalized spacial score (nSPS) is 57.3. The summed E-state index contributed by atoms with van der Waals surface area (Å²) in [4.78, 5) is 11.4. The second-order valence-electron chi connectivity index (χ2n) is 12.2. The summed E-state index contributed by atoms with van der Waals surface area (Å²) in [6.07, 6.45) is 9.08. The SMILES string of the molecule is C[C@H](C1CC1C(=O)O)[C@H]1CC[C@H]2[C@@H]3[C@H](O)C[C@@H]4C[C@H](O)CC[C@]4(C)[C@H]3CC[C@]12C. The molecule has 0 aromatic heterocycles. The van der Waals surface area contributed by atoms with E-state index in [9.17, 15) is 20.1 Å². The molecule has 5 rings (SSSR count). The van der Waals surface area contributed by atoms with Crippen molar-refractivity contribution in [3.63, 3.8) is 0 Å². The topological polar surface area (TPSA) is 77.8 Å². The molecule has 5 fully saturated rings. The first kappa shape index (κ1) is 20.3. The summed E-state index contributed by atoms with van der Waals surface area (Å²) >= 11 is 0. The highest BCUT2D eigenvalue weighted by Gasteiger charge is 2.64. The first-order valence-electron chi connectivity index (χ1n) is 12.3. The molecule has 12 atom stereocenters. The number of carboxylic acids is 1. The molecule has 5 aliphatic rings. The summed E-state index contributed by atoms with van der Waals surface area (Å²) < 4.78 is 0. The Morgan fingerprint density at radius 1 is 0.931 bits per heavy atom. The molecule has 0 amide bonds. The van der Waals surface area contributed by atoms with Gasteiger partial charge < -0.3 is 15.3 Å². The van der Waals surface area contributed by atoms with Crippen molar-refractivity contribution in [2.45, 2.75) is 90.8 Å². The van der Waals surface area contributed by atoms with Crippen LogP contribution in [-0.2, 0) is 4.79 Å². The third-order valence-electron chi connectivity index (χ3n) is 11.2. The van der Waals surface area contributed by atoms with E-state index in [1.54, 1.807) is 0 Å². The number of hydrogen-bond acceptors (Lipinski definition) is 3. The van der Waals surface area contributed by atoms with Gasteiger partial charge in [-0.05, 0) is 110 Å². The molecular weight excluding hydrogens is 364 g/mol. The van der Waals surface area contributed by atoms with Crippen molar-refractivity contribution in [3.8, 4) is 0 Å². The number of fused-ring (bicyclic) bond motifs is 5. The highest BCUT2D eigenvalue weighted by atomic mass is 16.4. The van der Waals surface area contributed by atoms with Crippen LogP contribution in [-0.4, -0.2) is 33.5 Å². The van der Waals surface area contributed by atoms with Gasteiger partial charge in [0.25, 0.3) is 0 Å². The van der Waals surface area contributed by atoms with Crippen molar-refractivity contribution in [2.75, 3.05) is 0 Å². The van der Waals surface area contributed by atoms with Gasteiger partial charge in [-0.2, -0.15) is 0 Å². The molecule has 5 saturated carbocycles. The van der Waals surface area contributed by atoms with Crippen LogP contribution in [0.15, 0.2) is 0 Å². The third kappa shape index (κ3) is 2.87. The summed E-state index contributed by atoms with van der Waals surface area (Å²) in [7, 11) is 0. The average Bonchev–Trinajstić information content (AvgIpc) is 3.39. The lowest BCUT2D eigenvalue weighted by Gasteiger charge is -2.62. The zero-order valence-electron chi connectivity index (χ0n) is 18.4. The fraction of sp³-hybridized carbons (Fsp3) is 0.960. The van der Waals surface area contributed by atoms with E-state index >= 15 is 0 Å². The van der Waals surface area contributed by atoms with Gasteiger partial charge in [-0.3, -0.25) is 4.79 Å². The Bertz CT molecular complexity index is 678. The Morgan fingerprint density at radius 3 is 2.31 bits per heavy atom. The standard InChI is InChI=1S/C25H40O4/c1-13(16-12-17(16)23(28)29)18-4-5-19-22-20(7-9-25(18,19)3)24(2)8-6-15(26)10-14(24)11-21(22)27/h13-22,26-27H,4-12H2,1-3H3,(H,28,29)/t13-,14+,15-,16?,17?,18-,19+,20+,21-,22+,24+,25-/m1/s1. The van der Waals surface area contributed by atoms with E-state index in [4.69, 9.17) is 0 Å². The van der Waals surface area contributed by atoms with Gasteiger partial charge in [0.15, 0.2) is 0 Å². The zero-order chi connectivity index (χ0) is 20.7. The summed E-state index contributed by atoms with van der Waals surface area (Å²) in [5.74, 6) is 2.76. The Balaban J connectivity index is 1.39. The predicted molar refractivity (Wildman–Crippen MR) is 111 cm³/mol. The molecule has 4 nitrogen and oxygen atoms in total. The van der Waals surface area contributed by atoms with Crippen molar-refractivity contribution < 1.29 is 20.1 Å². The van der Waals surface area contributed by atoms with Crippen molar-refractivity contribution in [1.82, 2.24) is 0 Å². The van der Waals surface area contributed by atoms with E-state index < -0.39 is 5.97 Å². The second-order valence-corrected chi connectivity index (χ2v) is 12.2. The fourth-order valence-corrected chi connectivity index (χ4v) is 9.48. The second kappa shape index (κ2) is 6.69. The van der Waals surface area contributed by atoms with Gasteiger partial charge in [0.1, 0.15) is 0 Å². The maximum Gasteiger partial charge on any atom is 0.306 e. The van der Waals surface area contributed by atoms with Crippen LogP contribution in [0.3, 0.4) is 0 Å². The van der Waals surface area contributed by atoms with Gasteiger partial charge in [-0.15, -0.1) is 0 Å². The maximum atomic E-state index is 11.4. The van der Waals surface area contributed by atoms with Gasteiger partial charge >= 0.3 is 5.97 Å². The van der Waals surface area contributed by atoms with Crippen LogP contribution in [0.4, 0.5) is 0 Å². The van der Waals surface area contributed by atoms with Crippen LogP contribution in [0.2, 0.25) is 0 Å². The van der Waals surface area contributed by atoms with E-state index in [0.29, 0.717) is 41.4 Å². The molecule has 4 heteroatoms. The zero-order valence-corrected chi connectivity index (χ0v) is 18.4. The third-order valence-corrected chi connectivity index (χ3v) is 11.2. The number of carboxylic acid groups (broad SMARTS) is 1. The van der Waals surface area contributed by atoms with Crippen LogP contribution < -0.4 is 0 Å². The number of aliphatic carboxylic acids is 1. The first-order valence-corrected chi connectivity index (χ1v) is 12.3. The van der Waals surface area contributed by atoms with Gasteiger partial charge in [0.05, 0.1) is 18.1 Å². The predicted octanol–water partition coefficient (Wildman–Crippen LogP) is 4.33. The molecule has 2 unspecified atom stereocenters. The van der Waals surface area contributed by atoms with Crippen LogP contribution in [0.1, 0.15) is 78.6 Å². The highest BCUT2D eigenvalue weighted by Crippen LogP contribution is 2.69. The summed E-state index contributed by atoms with van der Waals surface area (Å²) in [5, 5.41) is 30.9. The van der Waals surface area contributed by atoms with Gasteiger partial charge in [-0.1, -0.05) is 20.8 Å². The van der Waals surface area contributed by atoms with Crippen molar-refractivity contribution in [1.29, 1.82) is 0 Å². The first-order chi connectivity index (χ1) is 13.7. The molecule has 0 aromatic rings. The minimum Gasteiger partial charge on any atom is -0.481 e. The van der Waals surface area contributed by atoms with Crippen LogP contribution in [0.5, 0.6) is 0 Å². The Hall–Kier alpha value is -0.610. The number of carbonyl (C=O) groups is 1. The molecular formula is C25H40O4. The Kier molecular flexibility index (Phi) is 4.68. The number of aliphatic hydroxyl groups excluding tert-OH is 2. The fourth-order valence-electron chi connectivity index (χ4n) is 9.48. The summed E-state index contributed by atoms with van der Waals surface area (Å²) in [5.41, 5.74) is 0.531. The molecule has 29 heavy (non-hydrogen) atoms. The van der Waals surface area contributed by atoms with Crippen molar-refractivity contribution in [2.24, 2.45) is 58.2 Å². The molecule has 0 heterocycles. The number of rotatable bonds is 3. The largest absolute Gasteiger partial charge is 0.481 e. The van der Waals surface area contributed by atoms with E-state index in [0.717, 1.165) is 32.1 Å². The highest BCUT2D eigenvalue weighted by molar-refractivity contribution is 5.73. The molecule has 0 aromatic carbocycles. The lowest BCUT2D eigenvalue weighted by Crippen LogP contribution is -2.58. The minimum absolute atomic E-state index is 0.113. The van der Waals surface area contributed by atoms with Gasteiger partial charge in [-0.25, -0.2) is 0 Å². The van der Waals surface area contributed by atoms with Crippen LogP contribution in [0, 0.1) is 58.2 Å². The monoisotopic (exact) mass is 404 g/mol. The van der Waals surface area contributed by atoms with Crippen molar-refractivity contribution >= 4 is 5.97 Å². The maximum absolute atomic E-state index is 11.4. The van der Waals surface area contributed by atoms with E-state index in [-0.39, 0.29) is 29.0 Å². The quantitative estimate of drug-likeness (QED) is 0.654. The molecule has 0 saturated heterocycles. The number of aliphatic hydroxyl groups is 2. The van der Waals surface area contributed by atoms with Crippen molar-refractivity contribution in [3.05, 3.63) is 0 Å². The van der Waals surface area contributed by atoms with Gasteiger partial charge in [0, 0.05) is 0 Å². The molecule has 0 bridgehead atoms. The molecule has 0 spiro atoms. The molecule has 5 aliphatic carbocycles. The smallest absolute Gasteiger partial charge is 0.306 e. The molecule has 3 N–H and O–H groups in total. The number of hydrogen-bond donors (Lipinski definition) is 3. The Labute approximate surface area is 175 Å². The summed E-state index contributed by atoms with van der Waals surface area (Å²) in [6, 6.07) is 0. The van der Waals surface area contributed by atoms with E-state index in [1.165, 1.54) is 25.7 Å². The van der Waals surface area contributed by atoms with E-state index in [2.05, 4.69) is 20.8 Å². The Morgan fingerprint density at radius 2 is 1.62 bits per heavy atom. The van der Waals surface area contributed by atoms with E-state index in [1.807, 2.05) is 0 Å². The molecule has 0 radical (unpaired) electrons.